The fourth-order valence-corrected chi connectivity index (χ4v) is 2.80. The first-order valence-electron chi connectivity index (χ1n) is 5.28. The lowest BCUT2D eigenvalue weighted by Gasteiger charge is -2.22. The summed E-state index contributed by atoms with van der Waals surface area (Å²) >= 11 is 0.678. The molecule has 7 heteroatoms. The van der Waals surface area contributed by atoms with Crippen molar-refractivity contribution in [1.82, 2.24) is 0 Å². The van der Waals surface area contributed by atoms with Crippen molar-refractivity contribution in [2.75, 3.05) is 13.2 Å². The summed E-state index contributed by atoms with van der Waals surface area (Å²) < 4.78 is 70.6. The van der Waals surface area contributed by atoms with Crippen LogP contribution in [0.15, 0.2) is 4.90 Å². The van der Waals surface area contributed by atoms with E-state index in [4.69, 9.17) is 4.74 Å². The van der Waals surface area contributed by atoms with Gasteiger partial charge in [0.05, 0.1) is 4.90 Å². The van der Waals surface area contributed by atoms with Crippen LogP contribution in [-0.4, -0.2) is 18.5 Å². The molecule has 100 valence electrons. The zero-order valence-corrected chi connectivity index (χ0v) is 9.93. The highest BCUT2D eigenvalue weighted by Crippen LogP contribution is 2.36. The number of hydrogen-bond acceptors (Lipinski definition) is 2. The van der Waals surface area contributed by atoms with Crippen molar-refractivity contribution in [3.63, 3.8) is 0 Å². The molecular weight excluding hydrogens is 275 g/mol. The molecular formula is C11H9F5OS. The van der Waals surface area contributed by atoms with Crippen molar-refractivity contribution < 1.29 is 26.7 Å². The van der Waals surface area contributed by atoms with E-state index in [0.717, 1.165) is 0 Å². The highest BCUT2D eigenvalue weighted by atomic mass is 32.2. The van der Waals surface area contributed by atoms with Gasteiger partial charge in [-0.15, -0.1) is 11.8 Å². The van der Waals surface area contributed by atoms with Crippen molar-refractivity contribution in [3.8, 4) is 0 Å². The molecule has 0 aliphatic carbocycles. The normalized spacial score (nSPS) is 17.2. The van der Waals surface area contributed by atoms with Crippen LogP contribution in [0.3, 0.4) is 0 Å². The van der Waals surface area contributed by atoms with Crippen LogP contribution in [0.25, 0.3) is 0 Å². The van der Waals surface area contributed by atoms with Gasteiger partial charge in [-0.05, 0) is 12.8 Å². The predicted molar refractivity (Wildman–Crippen MR) is 55.9 cm³/mol. The second-order valence-corrected chi connectivity index (χ2v) is 5.14. The van der Waals surface area contributed by atoms with Crippen LogP contribution in [0.5, 0.6) is 0 Å². The van der Waals surface area contributed by atoms with Crippen molar-refractivity contribution in [2.24, 2.45) is 0 Å². The molecule has 2 rings (SSSR count). The lowest BCUT2D eigenvalue weighted by Crippen LogP contribution is -2.18. The molecule has 1 fully saturated rings. The molecule has 0 saturated carbocycles. The van der Waals surface area contributed by atoms with E-state index in [1.807, 2.05) is 0 Å². The highest BCUT2D eigenvalue weighted by Gasteiger charge is 2.28. The largest absolute Gasteiger partial charge is 0.381 e. The Kier molecular flexibility index (Phi) is 4.11. The minimum Gasteiger partial charge on any atom is -0.381 e. The van der Waals surface area contributed by atoms with Gasteiger partial charge in [0.2, 0.25) is 5.82 Å². The molecule has 18 heavy (non-hydrogen) atoms. The number of ether oxygens (including phenoxy) is 1. The SMILES string of the molecule is Fc1c(F)c(F)c(SC2CCOCC2)c(F)c1F. The maximum Gasteiger partial charge on any atom is 0.200 e. The zero-order valence-electron chi connectivity index (χ0n) is 9.11. The molecule has 1 saturated heterocycles. The van der Waals surface area contributed by atoms with E-state index in [0.29, 0.717) is 37.8 Å². The lowest BCUT2D eigenvalue weighted by atomic mass is 10.2. The zero-order chi connectivity index (χ0) is 13.3. The first-order chi connectivity index (χ1) is 8.52. The predicted octanol–water partition coefficient (Wildman–Crippen LogP) is 3.65. The van der Waals surface area contributed by atoms with Gasteiger partial charge in [0.15, 0.2) is 23.3 Å². The van der Waals surface area contributed by atoms with Gasteiger partial charge in [0.1, 0.15) is 0 Å². The van der Waals surface area contributed by atoms with Crippen molar-refractivity contribution in [3.05, 3.63) is 29.1 Å². The molecule has 0 unspecified atom stereocenters. The van der Waals surface area contributed by atoms with Crippen molar-refractivity contribution >= 4 is 11.8 Å². The third kappa shape index (κ3) is 2.47. The van der Waals surface area contributed by atoms with E-state index in [2.05, 4.69) is 0 Å². The van der Waals surface area contributed by atoms with Crippen LogP contribution in [0.1, 0.15) is 12.8 Å². The third-order valence-corrected chi connectivity index (χ3v) is 4.02. The molecule has 0 N–H and O–H groups in total. The maximum atomic E-state index is 13.4. The Bertz CT molecular complexity index is 430. The molecule has 1 aliphatic rings. The second-order valence-electron chi connectivity index (χ2n) is 3.83. The topological polar surface area (TPSA) is 9.23 Å². The van der Waals surface area contributed by atoms with Crippen LogP contribution in [0.4, 0.5) is 22.0 Å². The Labute approximate surface area is 104 Å². The summed E-state index contributed by atoms with van der Waals surface area (Å²) in [6.07, 6.45) is 1.04. The number of hydrogen-bond donors (Lipinski definition) is 0. The quantitative estimate of drug-likeness (QED) is 0.466. The van der Waals surface area contributed by atoms with Gasteiger partial charge < -0.3 is 4.74 Å². The summed E-state index contributed by atoms with van der Waals surface area (Å²) in [5.41, 5.74) is 0. The summed E-state index contributed by atoms with van der Waals surface area (Å²) in [5.74, 6) is -9.45. The summed E-state index contributed by atoms with van der Waals surface area (Å²) in [7, 11) is 0. The van der Waals surface area contributed by atoms with E-state index in [9.17, 15) is 22.0 Å². The van der Waals surface area contributed by atoms with Crippen LogP contribution >= 0.6 is 11.8 Å². The molecule has 0 radical (unpaired) electrons. The van der Waals surface area contributed by atoms with Gasteiger partial charge in [0, 0.05) is 18.5 Å². The van der Waals surface area contributed by atoms with Crippen LogP contribution in [-0.2, 0) is 4.74 Å². The van der Waals surface area contributed by atoms with Gasteiger partial charge in [-0.3, -0.25) is 0 Å². The van der Waals surface area contributed by atoms with Gasteiger partial charge >= 0.3 is 0 Å². The standard InChI is InChI=1S/C11H9F5OS/c12-6-7(13)9(15)11(10(16)8(6)14)18-5-1-3-17-4-2-5/h5H,1-4H2. The molecule has 1 aromatic rings. The first-order valence-corrected chi connectivity index (χ1v) is 6.16. The van der Waals surface area contributed by atoms with Gasteiger partial charge in [0.25, 0.3) is 0 Å². The maximum absolute atomic E-state index is 13.4. The summed E-state index contributed by atoms with van der Waals surface area (Å²) in [5, 5.41) is -0.202. The first kappa shape index (κ1) is 13.6. The Morgan fingerprint density at radius 2 is 1.22 bits per heavy atom. The Balaban J connectivity index is 2.32. The summed E-state index contributed by atoms with van der Waals surface area (Å²) in [6.45, 7) is 0.847. The summed E-state index contributed by atoms with van der Waals surface area (Å²) in [6, 6.07) is 0. The lowest BCUT2D eigenvalue weighted by molar-refractivity contribution is 0.0999. The van der Waals surface area contributed by atoms with Crippen LogP contribution in [0, 0.1) is 29.1 Å². The van der Waals surface area contributed by atoms with E-state index in [1.165, 1.54) is 0 Å². The fourth-order valence-electron chi connectivity index (χ4n) is 1.65. The van der Waals surface area contributed by atoms with Gasteiger partial charge in [-0.25, -0.2) is 22.0 Å². The number of rotatable bonds is 2. The molecule has 0 aromatic heterocycles. The van der Waals surface area contributed by atoms with Crippen LogP contribution < -0.4 is 0 Å². The molecule has 0 atom stereocenters. The number of halogens is 5. The average molecular weight is 284 g/mol. The molecule has 0 amide bonds. The Morgan fingerprint density at radius 3 is 1.72 bits per heavy atom. The van der Waals surface area contributed by atoms with E-state index < -0.39 is 34.0 Å². The fraction of sp³-hybridized carbons (Fsp3) is 0.455. The molecule has 1 heterocycles. The highest BCUT2D eigenvalue weighted by molar-refractivity contribution is 8.00. The molecule has 0 bridgehead atoms. The van der Waals surface area contributed by atoms with Gasteiger partial charge in [-0.2, -0.15) is 0 Å². The number of benzene rings is 1. The minimum atomic E-state index is -2.12. The van der Waals surface area contributed by atoms with Crippen molar-refractivity contribution in [2.45, 2.75) is 23.0 Å². The second kappa shape index (κ2) is 5.44. The van der Waals surface area contributed by atoms with Gasteiger partial charge in [-0.1, -0.05) is 0 Å². The van der Waals surface area contributed by atoms with E-state index >= 15 is 0 Å². The molecule has 1 nitrogen and oxygen atoms in total. The number of thioether (sulfide) groups is 1. The Morgan fingerprint density at radius 1 is 0.778 bits per heavy atom. The smallest absolute Gasteiger partial charge is 0.200 e. The Hall–Kier alpha value is -0.820. The summed E-state index contributed by atoms with van der Waals surface area (Å²) in [4.78, 5) is -0.807. The molecule has 1 aromatic carbocycles. The van der Waals surface area contributed by atoms with E-state index in [1.54, 1.807) is 0 Å². The molecule has 0 spiro atoms. The minimum absolute atomic E-state index is 0.202. The van der Waals surface area contributed by atoms with E-state index in [-0.39, 0.29) is 5.25 Å². The average Bonchev–Trinajstić information content (AvgIpc) is 2.40. The third-order valence-electron chi connectivity index (χ3n) is 2.62. The van der Waals surface area contributed by atoms with Crippen molar-refractivity contribution in [1.29, 1.82) is 0 Å². The van der Waals surface area contributed by atoms with Crippen LogP contribution in [0.2, 0.25) is 0 Å². The monoisotopic (exact) mass is 284 g/mol. The molecule has 1 aliphatic heterocycles.